The summed E-state index contributed by atoms with van der Waals surface area (Å²) in [6.45, 7) is 0. The van der Waals surface area contributed by atoms with E-state index in [2.05, 4.69) is 0 Å². The largest absolute Gasteiger partial charge is 0.229 e. The zero-order valence-electron chi connectivity index (χ0n) is 9.70. The van der Waals surface area contributed by atoms with Crippen molar-refractivity contribution in [3.63, 3.8) is 0 Å². The summed E-state index contributed by atoms with van der Waals surface area (Å²) in [4.78, 5) is 0. The lowest BCUT2D eigenvalue weighted by Gasteiger charge is -2.13. The van der Waals surface area contributed by atoms with Crippen LogP contribution in [-0.2, 0) is 9.84 Å². The van der Waals surface area contributed by atoms with Crippen LogP contribution in [-0.4, -0.2) is 26.3 Å². The highest BCUT2D eigenvalue weighted by Gasteiger charge is 2.12. The topological polar surface area (TPSA) is 34.1 Å². The molecule has 0 spiro atoms. The molecule has 1 atom stereocenters. The molecule has 0 saturated carbocycles. The molecule has 0 aliphatic rings. The Balaban J connectivity index is 2.60. The van der Waals surface area contributed by atoms with Crippen molar-refractivity contribution in [1.82, 2.24) is 0 Å². The summed E-state index contributed by atoms with van der Waals surface area (Å²) < 4.78 is 35.0. The summed E-state index contributed by atoms with van der Waals surface area (Å²) in [5.41, 5.74) is 0.827. The number of hydrogen-bond donors (Lipinski definition) is 0. The van der Waals surface area contributed by atoms with E-state index in [-0.39, 0.29) is 17.5 Å². The van der Waals surface area contributed by atoms with Gasteiger partial charge in [-0.15, -0.1) is 11.6 Å². The molecule has 0 bridgehead atoms. The fourth-order valence-electron chi connectivity index (χ4n) is 1.69. The normalized spacial score (nSPS) is 13.6. The highest BCUT2D eigenvalue weighted by atomic mass is 35.5. The van der Waals surface area contributed by atoms with Gasteiger partial charge in [0, 0.05) is 17.9 Å². The van der Waals surface area contributed by atoms with E-state index in [1.54, 1.807) is 6.07 Å². The quantitative estimate of drug-likeness (QED) is 0.750. The second kappa shape index (κ2) is 6.36. The van der Waals surface area contributed by atoms with Gasteiger partial charge in [-0.25, -0.2) is 12.8 Å². The van der Waals surface area contributed by atoms with E-state index >= 15 is 0 Å². The summed E-state index contributed by atoms with van der Waals surface area (Å²) in [5, 5.41) is 0. The molecule has 0 N–H and O–H groups in total. The van der Waals surface area contributed by atoms with Gasteiger partial charge < -0.3 is 0 Å². The average molecular weight is 279 g/mol. The first-order chi connectivity index (χ1) is 7.92. The molecule has 1 unspecified atom stereocenters. The van der Waals surface area contributed by atoms with E-state index in [1.807, 2.05) is 6.07 Å². The minimum atomic E-state index is -2.94. The Morgan fingerprint density at radius 2 is 2.12 bits per heavy atom. The van der Waals surface area contributed by atoms with Crippen LogP contribution in [0.25, 0.3) is 0 Å². The Morgan fingerprint density at radius 1 is 1.41 bits per heavy atom. The van der Waals surface area contributed by atoms with Crippen molar-refractivity contribution in [2.45, 2.75) is 18.8 Å². The van der Waals surface area contributed by atoms with Crippen molar-refractivity contribution in [1.29, 1.82) is 0 Å². The standard InChI is InChI=1S/C12H16ClFO2S/c1-17(15,16)7-3-5-11(9-13)10-4-2-6-12(14)8-10/h2,4,6,8,11H,3,5,7,9H2,1H3. The lowest BCUT2D eigenvalue weighted by molar-refractivity contribution is 0.589. The Morgan fingerprint density at radius 3 is 2.65 bits per heavy atom. The van der Waals surface area contributed by atoms with E-state index in [4.69, 9.17) is 11.6 Å². The van der Waals surface area contributed by atoms with Gasteiger partial charge in [-0.3, -0.25) is 0 Å². The molecule has 0 radical (unpaired) electrons. The van der Waals surface area contributed by atoms with Crippen LogP contribution in [0.5, 0.6) is 0 Å². The highest BCUT2D eigenvalue weighted by Crippen LogP contribution is 2.23. The third kappa shape index (κ3) is 5.50. The molecule has 0 fully saturated rings. The predicted octanol–water partition coefficient (Wildman–Crippen LogP) is 2.97. The maximum Gasteiger partial charge on any atom is 0.147 e. The van der Waals surface area contributed by atoms with E-state index in [1.165, 1.54) is 18.4 Å². The summed E-state index contributed by atoms with van der Waals surface area (Å²) in [5.74, 6) is 0.234. The zero-order chi connectivity index (χ0) is 12.9. The van der Waals surface area contributed by atoms with Gasteiger partial charge in [-0.05, 0) is 36.5 Å². The van der Waals surface area contributed by atoms with Crippen molar-refractivity contribution in [3.05, 3.63) is 35.6 Å². The summed E-state index contributed by atoms with van der Waals surface area (Å²) in [7, 11) is -2.94. The molecule has 1 aromatic carbocycles. The Labute approximate surface area is 107 Å². The van der Waals surface area contributed by atoms with Gasteiger partial charge in [-0.1, -0.05) is 12.1 Å². The van der Waals surface area contributed by atoms with Crippen molar-refractivity contribution < 1.29 is 12.8 Å². The molecular weight excluding hydrogens is 263 g/mol. The first-order valence-electron chi connectivity index (χ1n) is 5.41. The van der Waals surface area contributed by atoms with Crippen molar-refractivity contribution in [2.75, 3.05) is 17.9 Å². The SMILES string of the molecule is CS(=O)(=O)CCCC(CCl)c1cccc(F)c1. The predicted molar refractivity (Wildman–Crippen MR) is 68.8 cm³/mol. The Kier molecular flexibility index (Phi) is 5.40. The van der Waals surface area contributed by atoms with E-state index < -0.39 is 9.84 Å². The number of benzene rings is 1. The molecule has 0 heterocycles. The number of hydrogen-bond acceptors (Lipinski definition) is 2. The van der Waals surface area contributed by atoms with Gasteiger partial charge in [0.1, 0.15) is 15.7 Å². The molecule has 0 aliphatic heterocycles. The van der Waals surface area contributed by atoms with E-state index in [0.29, 0.717) is 18.7 Å². The van der Waals surface area contributed by atoms with Gasteiger partial charge in [0.25, 0.3) is 0 Å². The summed E-state index contributed by atoms with van der Waals surface area (Å²) in [6.07, 6.45) is 2.41. The number of rotatable bonds is 6. The minimum Gasteiger partial charge on any atom is -0.229 e. The van der Waals surface area contributed by atoms with Crippen LogP contribution in [0.15, 0.2) is 24.3 Å². The molecule has 1 rings (SSSR count). The lowest BCUT2D eigenvalue weighted by atomic mass is 9.96. The molecule has 5 heteroatoms. The van der Waals surface area contributed by atoms with Gasteiger partial charge in [-0.2, -0.15) is 0 Å². The highest BCUT2D eigenvalue weighted by molar-refractivity contribution is 7.90. The lowest BCUT2D eigenvalue weighted by Crippen LogP contribution is -2.07. The Bertz CT molecular complexity index is 459. The minimum absolute atomic E-state index is 0.00844. The molecule has 2 nitrogen and oxygen atoms in total. The maximum atomic E-state index is 13.0. The number of alkyl halides is 1. The number of halogens is 2. The number of sulfone groups is 1. The molecule has 0 aliphatic carbocycles. The Hall–Kier alpha value is -0.610. The van der Waals surface area contributed by atoms with Gasteiger partial charge in [0.05, 0.1) is 0 Å². The molecule has 0 saturated heterocycles. The van der Waals surface area contributed by atoms with Crippen LogP contribution in [0.4, 0.5) is 4.39 Å². The second-order valence-electron chi connectivity index (χ2n) is 4.18. The summed E-state index contributed by atoms with van der Waals surface area (Å²) in [6, 6.07) is 6.29. The van der Waals surface area contributed by atoms with Crippen LogP contribution in [0, 0.1) is 5.82 Å². The van der Waals surface area contributed by atoms with Crippen molar-refractivity contribution >= 4 is 21.4 Å². The van der Waals surface area contributed by atoms with Crippen LogP contribution < -0.4 is 0 Å². The monoisotopic (exact) mass is 278 g/mol. The molecule has 0 amide bonds. The van der Waals surface area contributed by atoms with E-state index in [9.17, 15) is 12.8 Å². The first-order valence-corrected chi connectivity index (χ1v) is 8.01. The molecule has 96 valence electrons. The van der Waals surface area contributed by atoms with E-state index in [0.717, 1.165) is 5.56 Å². The molecule has 0 aromatic heterocycles. The van der Waals surface area contributed by atoms with Gasteiger partial charge in [0.2, 0.25) is 0 Å². The van der Waals surface area contributed by atoms with Gasteiger partial charge in [0.15, 0.2) is 0 Å². The smallest absolute Gasteiger partial charge is 0.147 e. The first kappa shape index (κ1) is 14.5. The van der Waals surface area contributed by atoms with Crippen LogP contribution in [0.1, 0.15) is 24.3 Å². The fourth-order valence-corrected chi connectivity index (χ4v) is 2.71. The average Bonchev–Trinajstić information content (AvgIpc) is 2.23. The van der Waals surface area contributed by atoms with Gasteiger partial charge >= 0.3 is 0 Å². The van der Waals surface area contributed by atoms with Crippen LogP contribution in [0.3, 0.4) is 0 Å². The second-order valence-corrected chi connectivity index (χ2v) is 6.75. The van der Waals surface area contributed by atoms with Crippen LogP contribution in [0.2, 0.25) is 0 Å². The third-order valence-corrected chi connectivity index (χ3v) is 3.98. The fraction of sp³-hybridized carbons (Fsp3) is 0.500. The molecule has 17 heavy (non-hydrogen) atoms. The zero-order valence-corrected chi connectivity index (χ0v) is 11.3. The molecular formula is C12H16ClFO2S. The van der Waals surface area contributed by atoms with Crippen molar-refractivity contribution in [2.24, 2.45) is 0 Å². The maximum absolute atomic E-state index is 13.0. The summed E-state index contributed by atoms with van der Waals surface area (Å²) >= 11 is 5.83. The molecule has 1 aromatic rings. The van der Waals surface area contributed by atoms with Crippen LogP contribution >= 0.6 is 11.6 Å². The third-order valence-electron chi connectivity index (χ3n) is 2.57. The van der Waals surface area contributed by atoms with Crippen molar-refractivity contribution in [3.8, 4) is 0 Å².